The van der Waals surface area contributed by atoms with Crippen molar-refractivity contribution in [3.63, 3.8) is 0 Å². The molecule has 1 rings (SSSR count). The zero-order valence-corrected chi connectivity index (χ0v) is 12.0. The predicted molar refractivity (Wildman–Crippen MR) is 73.0 cm³/mol. The first-order chi connectivity index (χ1) is 7.91. The largest absolute Gasteiger partial charge is 0.316 e. The van der Waals surface area contributed by atoms with E-state index in [0.29, 0.717) is 5.41 Å². The number of hydrogen-bond donors (Lipinski definition) is 1. The Bertz CT molecular complexity index is 326. The third-order valence-electron chi connectivity index (χ3n) is 3.14. The van der Waals surface area contributed by atoms with Gasteiger partial charge in [-0.1, -0.05) is 27.7 Å². The first-order valence-electron chi connectivity index (χ1n) is 6.58. The van der Waals surface area contributed by atoms with Gasteiger partial charge >= 0.3 is 0 Å². The Labute approximate surface area is 106 Å². The van der Waals surface area contributed by atoms with Crippen LogP contribution in [0.15, 0.2) is 12.3 Å². The Morgan fingerprint density at radius 3 is 2.65 bits per heavy atom. The Morgan fingerprint density at radius 1 is 1.41 bits per heavy atom. The number of nitrogens with one attached hydrogen (secondary N) is 1. The lowest BCUT2D eigenvalue weighted by molar-refractivity contribution is 0.306. The summed E-state index contributed by atoms with van der Waals surface area (Å²) >= 11 is 0. The molecule has 0 saturated carbocycles. The maximum atomic E-state index is 4.20. The van der Waals surface area contributed by atoms with Gasteiger partial charge in [-0.3, -0.25) is 4.68 Å². The molecule has 1 N–H and O–H groups in total. The minimum atomic E-state index is 0.346. The molecule has 0 amide bonds. The SMILES string of the molecule is CC(C)CNCC(C)(C)CCc1ccnn1C. The third kappa shape index (κ3) is 5.35. The lowest BCUT2D eigenvalue weighted by atomic mass is 9.87. The fraction of sp³-hybridized carbons (Fsp3) is 0.786. The molecule has 0 aliphatic carbocycles. The molecule has 0 radical (unpaired) electrons. The van der Waals surface area contributed by atoms with E-state index in [1.807, 2.05) is 17.9 Å². The fourth-order valence-corrected chi connectivity index (χ4v) is 1.90. The van der Waals surface area contributed by atoms with Gasteiger partial charge in [-0.25, -0.2) is 0 Å². The van der Waals surface area contributed by atoms with Crippen LogP contribution >= 0.6 is 0 Å². The molecule has 0 aromatic carbocycles. The second-order valence-corrected chi connectivity index (χ2v) is 6.14. The second kappa shape index (κ2) is 6.20. The molecule has 0 fully saturated rings. The van der Waals surface area contributed by atoms with Crippen molar-refractivity contribution in [1.29, 1.82) is 0 Å². The molecule has 0 bridgehead atoms. The summed E-state index contributed by atoms with van der Waals surface area (Å²) in [5.74, 6) is 0.725. The Kier molecular flexibility index (Phi) is 5.19. The maximum Gasteiger partial charge on any atom is 0.0492 e. The molecule has 3 heteroatoms. The molecule has 0 spiro atoms. The summed E-state index contributed by atoms with van der Waals surface area (Å²) in [7, 11) is 2.01. The van der Waals surface area contributed by atoms with Crippen molar-refractivity contribution in [3.05, 3.63) is 18.0 Å². The lowest BCUT2D eigenvalue weighted by Gasteiger charge is -2.25. The number of rotatable bonds is 7. The van der Waals surface area contributed by atoms with Gasteiger partial charge in [0.15, 0.2) is 0 Å². The Morgan fingerprint density at radius 2 is 2.12 bits per heavy atom. The van der Waals surface area contributed by atoms with Crippen molar-refractivity contribution in [2.24, 2.45) is 18.4 Å². The quantitative estimate of drug-likeness (QED) is 0.790. The van der Waals surface area contributed by atoms with Gasteiger partial charge in [-0.2, -0.15) is 5.10 Å². The first kappa shape index (κ1) is 14.2. The molecule has 1 aromatic heterocycles. The summed E-state index contributed by atoms with van der Waals surface area (Å²) in [6.45, 7) is 11.3. The molecule has 1 heterocycles. The zero-order chi connectivity index (χ0) is 12.9. The molecular weight excluding hydrogens is 210 g/mol. The molecular formula is C14H27N3. The van der Waals surface area contributed by atoms with Crippen molar-refractivity contribution in [2.45, 2.75) is 40.5 Å². The van der Waals surface area contributed by atoms with E-state index in [2.05, 4.69) is 44.2 Å². The van der Waals surface area contributed by atoms with Crippen LogP contribution < -0.4 is 5.32 Å². The van der Waals surface area contributed by atoms with Crippen molar-refractivity contribution >= 4 is 0 Å². The van der Waals surface area contributed by atoms with E-state index in [1.165, 1.54) is 12.1 Å². The highest BCUT2D eigenvalue weighted by Gasteiger charge is 2.18. The first-order valence-corrected chi connectivity index (χ1v) is 6.58. The molecule has 0 unspecified atom stereocenters. The predicted octanol–water partition coefficient (Wildman–Crippen LogP) is 2.62. The molecule has 1 aromatic rings. The summed E-state index contributed by atoms with van der Waals surface area (Å²) < 4.78 is 1.97. The monoisotopic (exact) mass is 237 g/mol. The number of aromatic nitrogens is 2. The molecule has 0 saturated heterocycles. The van der Waals surface area contributed by atoms with Crippen LogP contribution in [0.1, 0.15) is 39.8 Å². The van der Waals surface area contributed by atoms with E-state index in [0.717, 1.165) is 25.4 Å². The summed E-state index contributed by atoms with van der Waals surface area (Å²) in [5, 5.41) is 7.75. The molecule has 3 nitrogen and oxygen atoms in total. The van der Waals surface area contributed by atoms with Crippen LogP contribution in [0.5, 0.6) is 0 Å². The second-order valence-electron chi connectivity index (χ2n) is 6.14. The topological polar surface area (TPSA) is 29.9 Å². The average molecular weight is 237 g/mol. The van der Waals surface area contributed by atoms with Gasteiger partial charge in [0.2, 0.25) is 0 Å². The Hall–Kier alpha value is -0.830. The zero-order valence-electron chi connectivity index (χ0n) is 12.0. The van der Waals surface area contributed by atoms with Crippen LogP contribution in [0.2, 0.25) is 0 Å². The van der Waals surface area contributed by atoms with Gasteiger partial charge in [-0.05, 0) is 36.8 Å². The standard InChI is InChI=1S/C14H27N3/c1-12(2)10-15-11-14(3,4)8-6-13-7-9-16-17(13)5/h7,9,12,15H,6,8,10-11H2,1-5H3. The van der Waals surface area contributed by atoms with Gasteiger partial charge in [0.05, 0.1) is 0 Å². The highest BCUT2D eigenvalue weighted by Crippen LogP contribution is 2.21. The van der Waals surface area contributed by atoms with E-state index in [-0.39, 0.29) is 0 Å². The van der Waals surface area contributed by atoms with Crippen molar-refractivity contribution in [2.75, 3.05) is 13.1 Å². The van der Waals surface area contributed by atoms with Gasteiger partial charge in [-0.15, -0.1) is 0 Å². The minimum Gasteiger partial charge on any atom is -0.316 e. The van der Waals surface area contributed by atoms with Crippen molar-refractivity contribution in [3.8, 4) is 0 Å². The van der Waals surface area contributed by atoms with Crippen LogP contribution in [0, 0.1) is 11.3 Å². The fourth-order valence-electron chi connectivity index (χ4n) is 1.90. The van der Waals surface area contributed by atoms with E-state index < -0.39 is 0 Å². The van der Waals surface area contributed by atoms with Gasteiger partial charge < -0.3 is 5.32 Å². The summed E-state index contributed by atoms with van der Waals surface area (Å²) in [6, 6.07) is 2.11. The summed E-state index contributed by atoms with van der Waals surface area (Å²) in [5.41, 5.74) is 1.67. The van der Waals surface area contributed by atoms with Gasteiger partial charge in [0, 0.05) is 25.5 Å². The highest BCUT2D eigenvalue weighted by molar-refractivity contribution is 5.00. The van der Waals surface area contributed by atoms with E-state index in [9.17, 15) is 0 Å². The summed E-state index contributed by atoms with van der Waals surface area (Å²) in [4.78, 5) is 0. The van der Waals surface area contributed by atoms with Crippen LogP contribution in [-0.4, -0.2) is 22.9 Å². The number of aryl methyl sites for hydroxylation is 2. The van der Waals surface area contributed by atoms with Gasteiger partial charge in [0.25, 0.3) is 0 Å². The lowest BCUT2D eigenvalue weighted by Crippen LogP contribution is -2.32. The molecule has 0 aliphatic heterocycles. The third-order valence-corrected chi connectivity index (χ3v) is 3.14. The van der Waals surface area contributed by atoms with E-state index in [1.54, 1.807) is 0 Å². The van der Waals surface area contributed by atoms with Crippen LogP contribution in [0.4, 0.5) is 0 Å². The van der Waals surface area contributed by atoms with Crippen molar-refractivity contribution < 1.29 is 0 Å². The Balaban J connectivity index is 2.31. The van der Waals surface area contributed by atoms with Crippen LogP contribution in [0.25, 0.3) is 0 Å². The van der Waals surface area contributed by atoms with Crippen molar-refractivity contribution in [1.82, 2.24) is 15.1 Å². The van der Waals surface area contributed by atoms with E-state index in [4.69, 9.17) is 0 Å². The van der Waals surface area contributed by atoms with Gasteiger partial charge in [0.1, 0.15) is 0 Å². The van der Waals surface area contributed by atoms with Crippen LogP contribution in [0.3, 0.4) is 0 Å². The maximum absolute atomic E-state index is 4.20. The van der Waals surface area contributed by atoms with Crippen LogP contribution in [-0.2, 0) is 13.5 Å². The molecule has 0 atom stereocenters. The minimum absolute atomic E-state index is 0.346. The normalized spacial score (nSPS) is 12.4. The molecule has 17 heavy (non-hydrogen) atoms. The average Bonchev–Trinajstić information content (AvgIpc) is 2.60. The molecule has 0 aliphatic rings. The highest BCUT2D eigenvalue weighted by atomic mass is 15.2. The number of hydrogen-bond acceptors (Lipinski definition) is 2. The van der Waals surface area contributed by atoms with E-state index >= 15 is 0 Å². The molecule has 98 valence electrons. The number of nitrogens with zero attached hydrogens (tertiary/aromatic N) is 2. The summed E-state index contributed by atoms with van der Waals surface area (Å²) in [6.07, 6.45) is 4.17. The smallest absolute Gasteiger partial charge is 0.0492 e.